The van der Waals surface area contributed by atoms with Crippen molar-refractivity contribution in [3.63, 3.8) is 0 Å². The fraction of sp³-hybridized carbons (Fsp3) is 0.947. The Labute approximate surface area is 138 Å². The summed E-state index contributed by atoms with van der Waals surface area (Å²) in [7, 11) is 0. The van der Waals surface area contributed by atoms with Crippen molar-refractivity contribution in [1.82, 2.24) is 5.32 Å². The summed E-state index contributed by atoms with van der Waals surface area (Å²) in [5.41, 5.74) is 5.01. The molecule has 0 saturated heterocycles. The van der Waals surface area contributed by atoms with Crippen molar-refractivity contribution in [2.24, 2.45) is 11.7 Å². The van der Waals surface area contributed by atoms with Gasteiger partial charge in [0, 0.05) is 6.54 Å². The summed E-state index contributed by atoms with van der Waals surface area (Å²) in [5, 5.41) is 2.63. The van der Waals surface area contributed by atoms with Crippen molar-refractivity contribution in [2.45, 2.75) is 104 Å². The maximum atomic E-state index is 10.5. The van der Waals surface area contributed by atoms with Gasteiger partial charge >= 0.3 is 6.03 Å². The minimum Gasteiger partial charge on any atom is -0.352 e. The lowest BCUT2D eigenvalue weighted by Crippen LogP contribution is -2.29. The molecule has 3 N–H and O–H groups in total. The quantitative estimate of drug-likeness (QED) is 0.349. The zero-order chi connectivity index (χ0) is 16.5. The standard InChI is InChI=1S/C19H40N2O/c1-18(2)16-14-12-10-8-6-4-3-5-7-9-11-13-15-17-21-19(20)22/h18H,3-17H2,1-2H3,(H3,20,21,22). The highest BCUT2D eigenvalue weighted by Gasteiger charge is 1.96. The van der Waals surface area contributed by atoms with Crippen molar-refractivity contribution in [2.75, 3.05) is 6.54 Å². The van der Waals surface area contributed by atoms with Gasteiger partial charge in [-0.05, 0) is 12.3 Å². The summed E-state index contributed by atoms with van der Waals surface area (Å²) in [6.07, 6.45) is 19.1. The van der Waals surface area contributed by atoms with Crippen LogP contribution in [0.2, 0.25) is 0 Å². The number of rotatable bonds is 16. The predicted octanol–water partition coefficient (Wildman–Crippen LogP) is 5.77. The number of carbonyl (C=O) groups is 1. The first-order valence-corrected chi connectivity index (χ1v) is 9.66. The lowest BCUT2D eigenvalue weighted by atomic mass is 10.0. The van der Waals surface area contributed by atoms with Crippen LogP contribution in [0.4, 0.5) is 4.79 Å². The second kappa shape index (κ2) is 16.6. The fourth-order valence-electron chi connectivity index (χ4n) is 2.83. The van der Waals surface area contributed by atoms with Gasteiger partial charge < -0.3 is 11.1 Å². The van der Waals surface area contributed by atoms with E-state index in [-0.39, 0.29) is 0 Å². The van der Waals surface area contributed by atoms with Crippen molar-refractivity contribution in [3.05, 3.63) is 0 Å². The van der Waals surface area contributed by atoms with Gasteiger partial charge in [-0.1, -0.05) is 97.3 Å². The Morgan fingerprint density at radius 2 is 1.09 bits per heavy atom. The number of primary amides is 1. The molecule has 0 rings (SSSR count). The lowest BCUT2D eigenvalue weighted by molar-refractivity contribution is 0.248. The van der Waals surface area contributed by atoms with Gasteiger partial charge in [0.2, 0.25) is 0 Å². The number of amides is 2. The van der Waals surface area contributed by atoms with Crippen molar-refractivity contribution < 1.29 is 4.79 Å². The molecule has 0 aliphatic carbocycles. The van der Waals surface area contributed by atoms with E-state index in [1.54, 1.807) is 0 Å². The molecule has 0 aromatic rings. The Kier molecular flexibility index (Phi) is 16.1. The predicted molar refractivity (Wildman–Crippen MR) is 97.1 cm³/mol. The van der Waals surface area contributed by atoms with Gasteiger partial charge in [0.15, 0.2) is 0 Å². The Bertz CT molecular complexity index is 242. The van der Waals surface area contributed by atoms with E-state index in [1.807, 2.05) is 0 Å². The van der Waals surface area contributed by atoms with E-state index in [0.29, 0.717) is 0 Å². The van der Waals surface area contributed by atoms with E-state index in [0.717, 1.165) is 18.9 Å². The molecule has 0 unspecified atom stereocenters. The molecule has 22 heavy (non-hydrogen) atoms. The van der Waals surface area contributed by atoms with Gasteiger partial charge in [0.25, 0.3) is 0 Å². The SMILES string of the molecule is CC(C)CCCCCCCCCCCCCCCNC(N)=O. The molecule has 0 heterocycles. The van der Waals surface area contributed by atoms with Crippen molar-refractivity contribution in [1.29, 1.82) is 0 Å². The molecule has 0 radical (unpaired) electrons. The maximum absolute atomic E-state index is 10.5. The third kappa shape index (κ3) is 19.3. The number of hydrogen-bond acceptors (Lipinski definition) is 1. The summed E-state index contributed by atoms with van der Waals surface area (Å²) in [6.45, 7) is 5.36. The molecule has 0 aromatic heterocycles. The lowest BCUT2D eigenvalue weighted by Gasteiger charge is -2.05. The molecule has 2 amide bonds. The Morgan fingerprint density at radius 3 is 1.45 bits per heavy atom. The normalized spacial score (nSPS) is 11.0. The second-order valence-electron chi connectivity index (χ2n) is 7.07. The van der Waals surface area contributed by atoms with E-state index >= 15 is 0 Å². The molecule has 0 aliphatic rings. The first kappa shape index (κ1) is 21.3. The van der Waals surface area contributed by atoms with E-state index < -0.39 is 6.03 Å². The van der Waals surface area contributed by atoms with Crippen LogP contribution < -0.4 is 11.1 Å². The number of hydrogen-bond donors (Lipinski definition) is 2. The van der Waals surface area contributed by atoms with Crippen LogP contribution in [0, 0.1) is 5.92 Å². The van der Waals surface area contributed by atoms with Crippen molar-refractivity contribution in [3.8, 4) is 0 Å². The smallest absolute Gasteiger partial charge is 0.312 e. The number of urea groups is 1. The highest BCUT2D eigenvalue weighted by molar-refractivity contribution is 5.71. The highest BCUT2D eigenvalue weighted by Crippen LogP contribution is 2.14. The number of nitrogens with two attached hydrogens (primary N) is 1. The van der Waals surface area contributed by atoms with Gasteiger partial charge in [-0.2, -0.15) is 0 Å². The molecule has 132 valence electrons. The van der Waals surface area contributed by atoms with Crippen molar-refractivity contribution >= 4 is 6.03 Å². The molecular formula is C19H40N2O. The molecular weight excluding hydrogens is 272 g/mol. The molecule has 0 aliphatic heterocycles. The second-order valence-corrected chi connectivity index (χ2v) is 7.07. The molecule has 0 saturated carbocycles. The first-order chi connectivity index (χ1) is 10.6. The average Bonchev–Trinajstić information content (AvgIpc) is 2.46. The monoisotopic (exact) mass is 312 g/mol. The summed E-state index contributed by atoms with van der Waals surface area (Å²) in [6, 6.07) is -0.403. The number of carbonyl (C=O) groups excluding carboxylic acids is 1. The van der Waals surface area contributed by atoms with Gasteiger partial charge in [-0.3, -0.25) is 0 Å². The van der Waals surface area contributed by atoms with Crippen LogP contribution in [0.5, 0.6) is 0 Å². The van der Waals surface area contributed by atoms with Gasteiger partial charge in [-0.15, -0.1) is 0 Å². The van der Waals surface area contributed by atoms with Crippen LogP contribution >= 0.6 is 0 Å². The first-order valence-electron chi connectivity index (χ1n) is 9.66. The van der Waals surface area contributed by atoms with Gasteiger partial charge in [-0.25, -0.2) is 4.79 Å². The minimum absolute atomic E-state index is 0.403. The molecule has 0 bridgehead atoms. The zero-order valence-corrected chi connectivity index (χ0v) is 15.2. The van der Waals surface area contributed by atoms with E-state index in [1.165, 1.54) is 83.5 Å². The number of nitrogens with one attached hydrogen (secondary N) is 1. The minimum atomic E-state index is -0.403. The van der Waals surface area contributed by atoms with Crippen LogP contribution in [0.15, 0.2) is 0 Å². The molecule has 0 aromatic carbocycles. The van der Waals surface area contributed by atoms with Crippen LogP contribution in [0.1, 0.15) is 104 Å². The van der Waals surface area contributed by atoms with Gasteiger partial charge in [0.05, 0.1) is 0 Å². The number of unbranched alkanes of at least 4 members (excludes halogenated alkanes) is 12. The highest BCUT2D eigenvalue weighted by atomic mass is 16.2. The summed E-state index contributed by atoms with van der Waals surface area (Å²) < 4.78 is 0. The van der Waals surface area contributed by atoms with Crippen LogP contribution in [0.25, 0.3) is 0 Å². The average molecular weight is 313 g/mol. The largest absolute Gasteiger partial charge is 0.352 e. The topological polar surface area (TPSA) is 55.1 Å². The Morgan fingerprint density at radius 1 is 0.727 bits per heavy atom. The summed E-state index contributed by atoms with van der Waals surface area (Å²) in [5.74, 6) is 0.874. The van der Waals surface area contributed by atoms with Crippen LogP contribution in [0.3, 0.4) is 0 Å². The molecule has 0 spiro atoms. The molecule has 0 atom stereocenters. The maximum Gasteiger partial charge on any atom is 0.312 e. The Hall–Kier alpha value is -0.730. The van der Waals surface area contributed by atoms with Crippen LogP contribution in [-0.2, 0) is 0 Å². The van der Waals surface area contributed by atoms with Crippen LogP contribution in [-0.4, -0.2) is 12.6 Å². The van der Waals surface area contributed by atoms with E-state index in [2.05, 4.69) is 19.2 Å². The molecule has 0 fully saturated rings. The third-order valence-corrected chi connectivity index (χ3v) is 4.26. The molecule has 3 nitrogen and oxygen atoms in total. The fourth-order valence-corrected chi connectivity index (χ4v) is 2.83. The van der Waals surface area contributed by atoms with Gasteiger partial charge in [0.1, 0.15) is 0 Å². The van der Waals surface area contributed by atoms with E-state index in [9.17, 15) is 4.79 Å². The Balaban J connectivity index is 2.98. The summed E-state index contributed by atoms with van der Waals surface area (Å²) >= 11 is 0. The molecule has 3 heteroatoms. The third-order valence-electron chi connectivity index (χ3n) is 4.26. The summed E-state index contributed by atoms with van der Waals surface area (Å²) in [4.78, 5) is 10.5. The van der Waals surface area contributed by atoms with E-state index in [4.69, 9.17) is 5.73 Å². The zero-order valence-electron chi connectivity index (χ0n) is 15.2.